The number of aryl methyl sites for hydroxylation is 1. The van der Waals surface area contributed by atoms with Crippen LogP contribution in [-0.4, -0.2) is 21.1 Å². The third kappa shape index (κ3) is 4.68. The van der Waals surface area contributed by atoms with Crippen LogP contribution in [-0.2, 0) is 6.61 Å². The van der Waals surface area contributed by atoms with Gasteiger partial charge >= 0.3 is 0 Å². The van der Waals surface area contributed by atoms with Crippen molar-refractivity contribution in [3.8, 4) is 17.1 Å². The molecule has 6 heteroatoms. The molecule has 0 saturated heterocycles. The van der Waals surface area contributed by atoms with Gasteiger partial charge in [-0.3, -0.25) is 9.89 Å². The molecule has 0 radical (unpaired) electrons. The molecule has 29 heavy (non-hydrogen) atoms. The monoisotopic (exact) mass is 384 g/mol. The summed E-state index contributed by atoms with van der Waals surface area (Å²) in [7, 11) is 0. The Morgan fingerprint density at radius 1 is 0.966 bits per heavy atom. The molecule has 0 unspecified atom stereocenters. The van der Waals surface area contributed by atoms with Crippen LogP contribution in [0.5, 0.6) is 5.75 Å². The number of benzene rings is 3. The van der Waals surface area contributed by atoms with Crippen LogP contribution in [0.25, 0.3) is 11.4 Å². The second kappa shape index (κ2) is 8.39. The highest BCUT2D eigenvalue weighted by atomic mass is 16.5. The van der Waals surface area contributed by atoms with Gasteiger partial charge in [0.05, 0.1) is 0 Å². The van der Waals surface area contributed by atoms with Crippen molar-refractivity contribution in [1.82, 2.24) is 15.2 Å². The van der Waals surface area contributed by atoms with Gasteiger partial charge in [0.25, 0.3) is 5.91 Å². The Balaban J connectivity index is 1.35. The highest BCUT2D eigenvalue weighted by Gasteiger charge is 2.08. The predicted molar refractivity (Wildman–Crippen MR) is 112 cm³/mol. The number of hydrogen-bond donors (Lipinski definition) is 2. The molecule has 2 N–H and O–H groups in total. The number of rotatable bonds is 6. The minimum Gasteiger partial charge on any atom is -0.489 e. The standard InChI is InChI=1S/C23H20N4O2/c1-16-24-22(27-26-16)18-11-13-20(14-12-18)25-23(28)19-9-7-17(8-10-19)15-29-21-5-3-2-4-6-21/h2-14H,15H2,1H3,(H,25,28)(H,24,26,27). The molecule has 6 nitrogen and oxygen atoms in total. The van der Waals surface area contributed by atoms with Gasteiger partial charge in [-0.1, -0.05) is 30.3 Å². The molecular formula is C23H20N4O2. The lowest BCUT2D eigenvalue weighted by atomic mass is 10.1. The zero-order chi connectivity index (χ0) is 20.1. The maximum atomic E-state index is 12.5. The SMILES string of the molecule is Cc1nc(-c2ccc(NC(=O)c3ccc(COc4ccccc4)cc3)cc2)n[nH]1. The molecule has 4 rings (SSSR count). The molecule has 0 aliphatic rings. The molecule has 0 spiro atoms. The van der Waals surface area contributed by atoms with Crippen molar-refractivity contribution in [2.45, 2.75) is 13.5 Å². The average Bonchev–Trinajstić information content (AvgIpc) is 3.20. The first-order chi connectivity index (χ1) is 14.2. The second-order valence-corrected chi connectivity index (χ2v) is 6.57. The van der Waals surface area contributed by atoms with E-state index in [0.29, 0.717) is 23.7 Å². The minimum atomic E-state index is -0.165. The second-order valence-electron chi connectivity index (χ2n) is 6.57. The Morgan fingerprint density at radius 2 is 1.69 bits per heavy atom. The van der Waals surface area contributed by atoms with E-state index in [1.54, 1.807) is 12.1 Å². The number of anilines is 1. The molecule has 1 heterocycles. The summed E-state index contributed by atoms with van der Waals surface area (Å²) in [6.07, 6.45) is 0. The van der Waals surface area contributed by atoms with Crippen LogP contribution in [0, 0.1) is 6.92 Å². The summed E-state index contributed by atoms with van der Waals surface area (Å²) in [5.74, 6) is 2.05. The molecule has 4 aromatic rings. The summed E-state index contributed by atoms with van der Waals surface area (Å²) < 4.78 is 5.72. The van der Waals surface area contributed by atoms with E-state index >= 15 is 0 Å². The quantitative estimate of drug-likeness (QED) is 0.509. The number of aromatic nitrogens is 3. The van der Waals surface area contributed by atoms with E-state index in [1.165, 1.54) is 0 Å². The van der Waals surface area contributed by atoms with Crippen molar-refractivity contribution in [2.75, 3.05) is 5.32 Å². The van der Waals surface area contributed by atoms with Gasteiger partial charge in [0, 0.05) is 16.8 Å². The number of amides is 1. The van der Waals surface area contributed by atoms with Crippen molar-refractivity contribution < 1.29 is 9.53 Å². The van der Waals surface area contributed by atoms with E-state index < -0.39 is 0 Å². The van der Waals surface area contributed by atoms with Gasteiger partial charge in [0.15, 0.2) is 5.82 Å². The van der Waals surface area contributed by atoms with Gasteiger partial charge in [0.2, 0.25) is 0 Å². The fourth-order valence-electron chi connectivity index (χ4n) is 2.81. The van der Waals surface area contributed by atoms with Crippen LogP contribution < -0.4 is 10.1 Å². The van der Waals surface area contributed by atoms with Crippen molar-refractivity contribution in [3.63, 3.8) is 0 Å². The van der Waals surface area contributed by atoms with Crippen molar-refractivity contribution in [2.24, 2.45) is 0 Å². The number of hydrogen-bond acceptors (Lipinski definition) is 4. The van der Waals surface area contributed by atoms with Gasteiger partial charge in [-0.2, -0.15) is 5.10 Å². The van der Waals surface area contributed by atoms with Crippen LogP contribution in [0.2, 0.25) is 0 Å². The topological polar surface area (TPSA) is 79.9 Å². The summed E-state index contributed by atoms with van der Waals surface area (Å²) >= 11 is 0. The van der Waals surface area contributed by atoms with E-state index in [9.17, 15) is 4.79 Å². The molecule has 144 valence electrons. The number of H-pyrrole nitrogens is 1. The van der Waals surface area contributed by atoms with Gasteiger partial charge in [-0.05, 0) is 61.0 Å². The molecule has 0 fully saturated rings. The molecule has 3 aromatic carbocycles. The normalized spacial score (nSPS) is 10.5. The summed E-state index contributed by atoms with van der Waals surface area (Å²) in [6.45, 7) is 2.30. The van der Waals surface area contributed by atoms with Gasteiger partial charge in [-0.15, -0.1) is 0 Å². The molecule has 1 amide bonds. The number of carbonyl (C=O) groups excluding carboxylic acids is 1. The maximum Gasteiger partial charge on any atom is 0.255 e. The first-order valence-electron chi connectivity index (χ1n) is 9.25. The number of aromatic amines is 1. The fourth-order valence-corrected chi connectivity index (χ4v) is 2.81. The smallest absolute Gasteiger partial charge is 0.255 e. The number of nitrogens with zero attached hydrogens (tertiary/aromatic N) is 2. The van der Waals surface area contributed by atoms with E-state index in [0.717, 1.165) is 22.7 Å². The molecule has 0 bridgehead atoms. The molecular weight excluding hydrogens is 364 g/mol. The maximum absolute atomic E-state index is 12.5. The molecule has 0 aliphatic heterocycles. The number of carbonyl (C=O) groups is 1. The largest absolute Gasteiger partial charge is 0.489 e. The lowest BCUT2D eigenvalue weighted by molar-refractivity contribution is 0.102. The number of nitrogens with one attached hydrogen (secondary N) is 2. The van der Waals surface area contributed by atoms with Gasteiger partial charge in [0.1, 0.15) is 18.2 Å². The van der Waals surface area contributed by atoms with E-state index in [4.69, 9.17) is 4.74 Å². The first kappa shape index (κ1) is 18.4. The zero-order valence-corrected chi connectivity index (χ0v) is 15.9. The molecule has 0 saturated carbocycles. The van der Waals surface area contributed by atoms with Crippen molar-refractivity contribution in [3.05, 3.63) is 95.8 Å². The third-order valence-corrected chi connectivity index (χ3v) is 4.36. The number of ether oxygens (including phenoxy) is 1. The zero-order valence-electron chi connectivity index (χ0n) is 15.9. The molecule has 0 aliphatic carbocycles. The lowest BCUT2D eigenvalue weighted by Crippen LogP contribution is -2.11. The van der Waals surface area contributed by atoms with Crippen LogP contribution in [0.3, 0.4) is 0 Å². The van der Waals surface area contributed by atoms with Crippen LogP contribution in [0.1, 0.15) is 21.7 Å². The van der Waals surface area contributed by atoms with Crippen LogP contribution >= 0.6 is 0 Å². The van der Waals surface area contributed by atoms with E-state index in [1.807, 2.05) is 73.7 Å². The Labute approximate surface area is 168 Å². The Bertz CT molecular complexity index is 1090. The van der Waals surface area contributed by atoms with Crippen molar-refractivity contribution in [1.29, 1.82) is 0 Å². The average molecular weight is 384 g/mol. The predicted octanol–water partition coefficient (Wildman–Crippen LogP) is 4.61. The van der Waals surface area contributed by atoms with Gasteiger partial charge < -0.3 is 10.1 Å². The minimum absolute atomic E-state index is 0.165. The Kier molecular flexibility index (Phi) is 5.33. The molecule has 1 aromatic heterocycles. The summed E-state index contributed by atoms with van der Waals surface area (Å²) in [5.41, 5.74) is 3.18. The Hall–Kier alpha value is -3.93. The lowest BCUT2D eigenvalue weighted by Gasteiger charge is -2.08. The fraction of sp³-hybridized carbons (Fsp3) is 0.0870. The van der Waals surface area contributed by atoms with E-state index in [2.05, 4.69) is 20.5 Å². The summed E-state index contributed by atoms with van der Waals surface area (Å²) in [5, 5.41) is 9.85. The van der Waals surface area contributed by atoms with Crippen molar-refractivity contribution >= 4 is 11.6 Å². The van der Waals surface area contributed by atoms with E-state index in [-0.39, 0.29) is 5.91 Å². The summed E-state index contributed by atoms with van der Waals surface area (Å²) in [4.78, 5) is 16.8. The Morgan fingerprint density at radius 3 is 2.34 bits per heavy atom. The first-order valence-corrected chi connectivity index (χ1v) is 9.25. The highest BCUT2D eigenvalue weighted by molar-refractivity contribution is 6.04. The highest BCUT2D eigenvalue weighted by Crippen LogP contribution is 2.19. The molecule has 0 atom stereocenters. The summed E-state index contributed by atoms with van der Waals surface area (Å²) in [6, 6.07) is 24.4. The number of para-hydroxylation sites is 1. The van der Waals surface area contributed by atoms with Crippen LogP contribution in [0.15, 0.2) is 78.9 Å². The van der Waals surface area contributed by atoms with Crippen LogP contribution in [0.4, 0.5) is 5.69 Å². The third-order valence-electron chi connectivity index (χ3n) is 4.36. The van der Waals surface area contributed by atoms with Gasteiger partial charge in [-0.25, -0.2) is 4.98 Å².